The molecule has 4 heteroatoms. The van der Waals surface area contributed by atoms with Crippen molar-refractivity contribution in [2.24, 2.45) is 0 Å². The number of carboxylic acids is 1. The summed E-state index contributed by atoms with van der Waals surface area (Å²) in [5.74, 6) is -0.959. The number of anilines is 1. The molecule has 0 bridgehead atoms. The van der Waals surface area contributed by atoms with E-state index in [1.807, 2.05) is 19.1 Å². The Morgan fingerprint density at radius 2 is 2.29 bits per heavy atom. The summed E-state index contributed by atoms with van der Waals surface area (Å²) in [6.45, 7) is 2.38. The van der Waals surface area contributed by atoms with Gasteiger partial charge < -0.3 is 10.0 Å². The molecule has 88 valence electrons. The number of benzene rings is 1. The van der Waals surface area contributed by atoms with Gasteiger partial charge in [0.2, 0.25) is 5.91 Å². The van der Waals surface area contributed by atoms with Crippen LogP contribution < -0.4 is 4.90 Å². The lowest BCUT2D eigenvalue weighted by Gasteiger charge is -2.15. The minimum Gasteiger partial charge on any atom is -0.478 e. The highest BCUT2D eigenvalue weighted by Gasteiger charge is 2.26. The number of carbonyl (C=O) groups is 2. The number of fused-ring (bicyclic) bond motifs is 1. The van der Waals surface area contributed by atoms with Crippen LogP contribution in [0.3, 0.4) is 0 Å². The summed E-state index contributed by atoms with van der Waals surface area (Å²) >= 11 is 0. The maximum Gasteiger partial charge on any atom is 0.335 e. The van der Waals surface area contributed by atoms with Crippen LogP contribution in [-0.2, 0) is 11.2 Å². The summed E-state index contributed by atoms with van der Waals surface area (Å²) in [5, 5.41) is 8.93. The van der Waals surface area contributed by atoms with E-state index in [2.05, 4.69) is 0 Å². The Hall–Kier alpha value is -2.10. The molecule has 0 spiro atoms. The van der Waals surface area contributed by atoms with Crippen molar-refractivity contribution in [2.75, 3.05) is 11.4 Å². The molecule has 2 rings (SSSR count). The molecule has 0 radical (unpaired) electrons. The van der Waals surface area contributed by atoms with Crippen LogP contribution in [0, 0.1) is 0 Å². The number of aromatic carboxylic acids is 1. The van der Waals surface area contributed by atoms with Crippen LogP contribution in [0.25, 0.3) is 0 Å². The molecule has 0 saturated heterocycles. The number of hydrogen-bond donors (Lipinski definition) is 1. The third-order valence-corrected chi connectivity index (χ3v) is 2.79. The average molecular weight is 231 g/mol. The second-order valence-electron chi connectivity index (χ2n) is 3.90. The van der Waals surface area contributed by atoms with E-state index in [1.54, 1.807) is 17.0 Å². The molecule has 1 aromatic carbocycles. The van der Waals surface area contributed by atoms with Crippen LogP contribution >= 0.6 is 0 Å². The number of hydrogen-bond acceptors (Lipinski definition) is 2. The molecule has 0 unspecified atom stereocenters. The molecular weight excluding hydrogens is 218 g/mol. The van der Waals surface area contributed by atoms with Crippen LogP contribution in [-0.4, -0.2) is 23.5 Å². The monoisotopic (exact) mass is 231 g/mol. The highest BCUT2D eigenvalue weighted by atomic mass is 16.4. The fourth-order valence-electron chi connectivity index (χ4n) is 1.90. The normalized spacial score (nSPS) is 14.4. The van der Waals surface area contributed by atoms with Crippen molar-refractivity contribution >= 4 is 17.6 Å². The second kappa shape index (κ2) is 4.41. The minimum atomic E-state index is -0.974. The molecular formula is C13H13NO3. The summed E-state index contributed by atoms with van der Waals surface area (Å²) in [4.78, 5) is 24.3. The molecule has 17 heavy (non-hydrogen) atoms. The number of amides is 1. The van der Waals surface area contributed by atoms with Crippen molar-refractivity contribution < 1.29 is 14.7 Å². The topological polar surface area (TPSA) is 57.6 Å². The minimum absolute atomic E-state index is 0.0145. The van der Waals surface area contributed by atoms with Crippen molar-refractivity contribution in [3.63, 3.8) is 0 Å². The Morgan fingerprint density at radius 1 is 1.53 bits per heavy atom. The SMILES string of the molecule is C/C=C/CN1C(=O)Cc2ccc(C(=O)O)cc21. The quantitative estimate of drug-likeness (QED) is 0.808. The van der Waals surface area contributed by atoms with Crippen molar-refractivity contribution in [1.82, 2.24) is 0 Å². The van der Waals surface area contributed by atoms with Crippen LogP contribution in [0.4, 0.5) is 5.69 Å². The van der Waals surface area contributed by atoms with E-state index in [-0.39, 0.29) is 11.5 Å². The van der Waals surface area contributed by atoms with Gasteiger partial charge in [-0.3, -0.25) is 4.79 Å². The van der Waals surface area contributed by atoms with Gasteiger partial charge in [-0.2, -0.15) is 0 Å². The standard InChI is InChI=1S/C13H13NO3/c1-2-3-6-14-11-7-10(13(16)17)5-4-9(11)8-12(14)15/h2-5,7H,6,8H2,1H3,(H,16,17)/b3-2+. The molecule has 1 N–H and O–H groups in total. The Labute approximate surface area is 99.2 Å². The number of rotatable bonds is 3. The molecule has 1 aliphatic rings. The predicted molar refractivity (Wildman–Crippen MR) is 64.3 cm³/mol. The van der Waals surface area contributed by atoms with E-state index >= 15 is 0 Å². The van der Waals surface area contributed by atoms with E-state index in [9.17, 15) is 9.59 Å². The maximum absolute atomic E-state index is 11.8. The van der Waals surface area contributed by atoms with Gasteiger partial charge >= 0.3 is 5.97 Å². The second-order valence-corrected chi connectivity index (χ2v) is 3.90. The molecule has 1 aromatic rings. The zero-order valence-electron chi connectivity index (χ0n) is 9.51. The van der Waals surface area contributed by atoms with Crippen molar-refractivity contribution in [3.05, 3.63) is 41.5 Å². The zero-order chi connectivity index (χ0) is 12.4. The van der Waals surface area contributed by atoms with E-state index < -0.39 is 5.97 Å². The smallest absolute Gasteiger partial charge is 0.335 e. The van der Waals surface area contributed by atoms with Gasteiger partial charge in [-0.05, 0) is 24.6 Å². The highest BCUT2D eigenvalue weighted by molar-refractivity contribution is 6.03. The molecule has 0 aliphatic carbocycles. The Balaban J connectivity index is 2.39. The first-order valence-electron chi connectivity index (χ1n) is 5.41. The lowest BCUT2D eigenvalue weighted by Crippen LogP contribution is -2.26. The average Bonchev–Trinajstić information content (AvgIpc) is 2.61. The summed E-state index contributed by atoms with van der Waals surface area (Å²) in [5.41, 5.74) is 1.82. The van der Waals surface area contributed by atoms with Crippen molar-refractivity contribution in [2.45, 2.75) is 13.3 Å². The first-order chi connectivity index (χ1) is 8.13. The summed E-state index contributed by atoms with van der Waals surface area (Å²) < 4.78 is 0. The van der Waals surface area contributed by atoms with E-state index in [0.717, 1.165) is 5.56 Å². The Morgan fingerprint density at radius 3 is 2.94 bits per heavy atom. The van der Waals surface area contributed by atoms with Gasteiger partial charge in [0.25, 0.3) is 0 Å². The molecule has 0 aromatic heterocycles. The molecule has 0 saturated carbocycles. The van der Waals surface area contributed by atoms with Crippen molar-refractivity contribution in [3.8, 4) is 0 Å². The number of allylic oxidation sites excluding steroid dienone is 1. The van der Waals surface area contributed by atoms with E-state index in [4.69, 9.17) is 5.11 Å². The van der Waals surface area contributed by atoms with Crippen LogP contribution in [0.1, 0.15) is 22.8 Å². The summed E-state index contributed by atoms with van der Waals surface area (Å²) in [6, 6.07) is 4.81. The molecule has 4 nitrogen and oxygen atoms in total. The van der Waals surface area contributed by atoms with Gasteiger partial charge in [0.05, 0.1) is 12.0 Å². The first-order valence-corrected chi connectivity index (χ1v) is 5.41. The van der Waals surface area contributed by atoms with E-state index in [0.29, 0.717) is 18.7 Å². The Kier molecular flexibility index (Phi) is 2.95. The molecule has 1 aliphatic heterocycles. The van der Waals surface area contributed by atoms with Gasteiger partial charge in [0.15, 0.2) is 0 Å². The molecule has 1 amide bonds. The van der Waals surface area contributed by atoms with Crippen LogP contribution in [0.15, 0.2) is 30.4 Å². The zero-order valence-corrected chi connectivity index (χ0v) is 9.51. The first kappa shape index (κ1) is 11.4. The summed E-state index contributed by atoms with van der Waals surface area (Å²) in [7, 11) is 0. The highest BCUT2D eigenvalue weighted by Crippen LogP contribution is 2.29. The lowest BCUT2D eigenvalue weighted by molar-refractivity contribution is -0.117. The Bertz CT molecular complexity index is 505. The van der Waals surface area contributed by atoms with Crippen LogP contribution in [0.2, 0.25) is 0 Å². The maximum atomic E-state index is 11.8. The van der Waals surface area contributed by atoms with Gasteiger partial charge in [0.1, 0.15) is 0 Å². The van der Waals surface area contributed by atoms with Gasteiger partial charge in [-0.1, -0.05) is 18.2 Å². The third kappa shape index (κ3) is 2.06. The lowest BCUT2D eigenvalue weighted by atomic mass is 10.1. The number of carbonyl (C=O) groups excluding carboxylic acids is 1. The molecule has 0 fully saturated rings. The number of carboxylic acid groups (broad SMARTS) is 1. The fraction of sp³-hybridized carbons (Fsp3) is 0.231. The summed E-state index contributed by atoms with van der Waals surface area (Å²) in [6.07, 6.45) is 4.10. The van der Waals surface area contributed by atoms with Crippen molar-refractivity contribution in [1.29, 1.82) is 0 Å². The third-order valence-electron chi connectivity index (χ3n) is 2.79. The van der Waals surface area contributed by atoms with Crippen LogP contribution in [0.5, 0.6) is 0 Å². The van der Waals surface area contributed by atoms with Gasteiger partial charge in [-0.15, -0.1) is 0 Å². The van der Waals surface area contributed by atoms with E-state index in [1.165, 1.54) is 6.07 Å². The number of nitrogens with zero attached hydrogens (tertiary/aromatic N) is 1. The largest absolute Gasteiger partial charge is 0.478 e. The molecule has 1 heterocycles. The van der Waals surface area contributed by atoms with Gasteiger partial charge in [0, 0.05) is 12.2 Å². The molecule has 0 atom stereocenters. The van der Waals surface area contributed by atoms with Gasteiger partial charge in [-0.25, -0.2) is 4.79 Å². The predicted octanol–water partition coefficient (Wildman–Crippen LogP) is 1.85. The fourth-order valence-corrected chi connectivity index (χ4v) is 1.90.